The molecule has 1 aliphatic rings. The molecule has 9 heavy (non-hydrogen) atoms. The van der Waals surface area contributed by atoms with Crippen LogP contribution in [-0.4, -0.2) is 5.71 Å². The third-order valence-electron chi connectivity index (χ3n) is 1.10. The number of nitrogens with zero attached hydrogens (tertiary/aromatic N) is 1. The number of rotatable bonds is 0. The molecule has 0 aromatic heterocycles. The van der Waals surface area contributed by atoms with E-state index in [-0.39, 0.29) is 0 Å². The summed E-state index contributed by atoms with van der Waals surface area (Å²) >= 11 is 3.76. The molecule has 0 heterocycles. The van der Waals surface area contributed by atoms with Gasteiger partial charge < -0.3 is 0 Å². The van der Waals surface area contributed by atoms with Crippen LogP contribution >= 0.6 is 12.8 Å². The fourth-order valence-corrected chi connectivity index (χ4v) is 0.803. The minimum absolute atomic E-state index is 0.834. The monoisotopic (exact) mass is 137 g/mol. The highest BCUT2D eigenvalue weighted by Crippen LogP contribution is 2.05. The molecule has 0 fully saturated rings. The summed E-state index contributed by atoms with van der Waals surface area (Å²) < 4.78 is 3.70. The maximum atomic E-state index is 3.76. The van der Waals surface area contributed by atoms with Gasteiger partial charge in [0.1, 0.15) is 0 Å². The Morgan fingerprint density at radius 2 is 2.00 bits per heavy atom. The first-order valence-electron chi connectivity index (χ1n) is 2.60. The first kappa shape index (κ1) is 6.36. The summed E-state index contributed by atoms with van der Waals surface area (Å²) in [4.78, 5) is 0. The van der Waals surface area contributed by atoms with E-state index in [0.717, 1.165) is 11.3 Å². The van der Waals surface area contributed by atoms with Gasteiger partial charge in [-0.3, -0.25) is 0 Å². The van der Waals surface area contributed by atoms with Crippen LogP contribution < -0.4 is 0 Å². The van der Waals surface area contributed by atoms with E-state index >= 15 is 0 Å². The second-order valence-electron chi connectivity index (χ2n) is 1.73. The molecule has 0 aromatic carbocycles. The van der Waals surface area contributed by atoms with E-state index in [2.05, 4.69) is 23.8 Å². The van der Waals surface area contributed by atoms with Gasteiger partial charge in [-0.15, -0.1) is 0 Å². The van der Waals surface area contributed by atoms with Gasteiger partial charge in [0, 0.05) is 0 Å². The summed E-state index contributed by atoms with van der Waals surface area (Å²) in [7, 11) is 0. The standard InChI is InChI=1S/C7H7NS/c1-6-4-2-3-5-7(6)8-9/h2-5,9H,1H2/b8-7-. The van der Waals surface area contributed by atoms with E-state index in [1.165, 1.54) is 0 Å². The lowest BCUT2D eigenvalue weighted by molar-refractivity contribution is 1.72. The molecule has 0 aliphatic heterocycles. The fraction of sp³-hybridized carbons (Fsp3) is 0. The Balaban J connectivity index is 2.91. The molecule has 0 saturated carbocycles. The van der Waals surface area contributed by atoms with Crippen molar-refractivity contribution in [3.8, 4) is 0 Å². The van der Waals surface area contributed by atoms with Gasteiger partial charge in [-0.2, -0.15) is 0 Å². The number of thiol groups is 1. The molecule has 46 valence electrons. The topological polar surface area (TPSA) is 12.4 Å². The third kappa shape index (κ3) is 1.33. The number of hydrogen-bond acceptors (Lipinski definition) is 2. The van der Waals surface area contributed by atoms with Crippen molar-refractivity contribution >= 4 is 18.5 Å². The lowest BCUT2D eigenvalue weighted by Crippen LogP contribution is -1.95. The Morgan fingerprint density at radius 3 is 2.44 bits per heavy atom. The molecular weight excluding hydrogens is 130 g/mol. The van der Waals surface area contributed by atoms with Gasteiger partial charge in [0.2, 0.25) is 0 Å². The first-order valence-corrected chi connectivity index (χ1v) is 3.00. The van der Waals surface area contributed by atoms with Crippen LogP contribution in [-0.2, 0) is 0 Å². The predicted molar refractivity (Wildman–Crippen MR) is 43.8 cm³/mol. The van der Waals surface area contributed by atoms with Crippen LogP contribution in [0.1, 0.15) is 0 Å². The average molecular weight is 137 g/mol. The van der Waals surface area contributed by atoms with Crippen LogP contribution in [0.15, 0.2) is 40.9 Å². The van der Waals surface area contributed by atoms with Crippen LogP contribution in [0.5, 0.6) is 0 Å². The van der Waals surface area contributed by atoms with Crippen LogP contribution in [0, 0.1) is 0 Å². The smallest absolute Gasteiger partial charge is 0.0776 e. The van der Waals surface area contributed by atoms with Crippen molar-refractivity contribution < 1.29 is 0 Å². The van der Waals surface area contributed by atoms with Crippen molar-refractivity contribution in [3.63, 3.8) is 0 Å². The largest absolute Gasteiger partial charge is 0.219 e. The zero-order chi connectivity index (χ0) is 6.69. The summed E-state index contributed by atoms with van der Waals surface area (Å²) in [6, 6.07) is 0. The molecule has 0 spiro atoms. The second-order valence-corrected chi connectivity index (χ2v) is 1.93. The van der Waals surface area contributed by atoms with E-state index in [9.17, 15) is 0 Å². The summed E-state index contributed by atoms with van der Waals surface area (Å²) in [6.45, 7) is 3.75. The minimum atomic E-state index is 0.834. The Labute approximate surface area is 60.0 Å². The van der Waals surface area contributed by atoms with Crippen LogP contribution in [0.2, 0.25) is 0 Å². The van der Waals surface area contributed by atoms with Crippen molar-refractivity contribution in [2.75, 3.05) is 0 Å². The molecule has 1 aliphatic carbocycles. The van der Waals surface area contributed by atoms with E-state index in [0.29, 0.717) is 0 Å². The molecule has 0 N–H and O–H groups in total. The van der Waals surface area contributed by atoms with E-state index in [1.54, 1.807) is 0 Å². The van der Waals surface area contributed by atoms with Crippen molar-refractivity contribution in [1.82, 2.24) is 0 Å². The molecular formula is C7H7NS. The molecule has 2 heteroatoms. The van der Waals surface area contributed by atoms with Crippen molar-refractivity contribution in [1.29, 1.82) is 0 Å². The van der Waals surface area contributed by atoms with E-state index < -0.39 is 0 Å². The predicted octanol–water partition coefficient (Wildman–Crippen LogP) is 1.95. The van der Waals surface area contributed by atoms with E-state index in [1.807, 2.05) is 24.3 Å². The van der Waals surface area contributed by atoms with Crippen molar-refractivity contribution in [3.05, 3.63) is 36.5 Å². The lowest BCUT2D eigenvalue weighted by atomic mass is 10.1. The molecule has 0 bridgehead atoms. The zero-order valence-corrected chi connectivity index (χ0v) is 5.81. The number of allylic oxidation sites excluding steroid dienone is 5. The quantitative estimate of drug-likeness (QED) is 0.490. The fourth-order valence-electron chi connectivity index (χ4n) is 0.608. The van der Waals surface area contributed by atoms with Crippen LogP contribution in [0.4, 0.5) is 0 Å². The Bertz CT molecular complexity index is 211. The third-order valence-corrected chi connectivity index (χ3v) is 1.31. The highest BCUT2D eigenvalue weighted by molar-refractivity contribution is 7.79. The van der Waals surface area contributed by atoms with Gasteiger partial charge >= 0.3 is 0 Å². The molecule has 0 radical (unpaired) electrons. The second kappa shape index (κ2) is 2.69. The maximum Gasteiger partial charge on any atom is 0.0776 e. The Kier molecular flexibility index (Phi) is 1.90. The minimum Gasteiger partial charge on any atom is -0.219 e. The highest BCUT2D eigenvalue weighted by atomic mass is 32.1. The maximum absolute atomic E-state index is 3.76. The van der Waals surface area contributed by atoms with Crippen molar-refractivity contribution in [2.24, 2.45) is 4.40 Å². The number of hydrogen-bond donors (Lipinski definition) is 1. The average Bonchev–Trinajstić information content (AvgIpc) is 1.89. The lowest BCUT2D eigenvalue weighted by Gasteiger charge is -2.00. The van der Waals surface area contributed by atoms with Crippen LogP contribution in [0.25, 0.3) is 0 Å². The highest BCUT2D eigenvalue weighted by Gasteiger charge is 1.97. The first-order chi connectivity index (χ1) is 4.34. The molecule has 1 rings (SSSR count). The normalized spacial score (nSPS) is 21.4. The molecule has 0 aromatic rings. The van der Waals surface area contributed by atoms with Crippen molar-refractivity contribution in [2.45, 2.75) is 0 Å². The summed E-state index contributed by atoms with van der Waals surface area (Å²) in [6.07, 6.45) is 7.60. The van der Waals surface area contributed by atoms with Gasteiger partial charge in [0.05, 0.1) is 5.71 Å². The van der Waals surface area contributed by atoms with Gasteiger partial charge in [0.15, 0.2) is 0 Å². The molecule has 0 atom stereocenters. The van der Waals surface area contributed by atoms with Gasteiger partial charge in [-0.1, -0.05) is 24.8 Å². The zero-order valence-electron chi connectivity index (χ0n) is 4.91. The molecule has 0 unspecified atom stereocenters. The molecule has 1 nitrogen and oxygen atoms in total. The summed E-state index contributed by atoms with van der Waals surface area (Å²) in [5.41, 5.74) is 1.74. The van der Waals surface area contributed by atoms with Gasteiger partial charge in [0.25, 0.3) is 0 Å². The van der Waals surface area contributed by atoms with Gasteiger partial charge in [-0.25, -0.2) is 4.40 Å². The Morgan fingerprint density at radius 1 is 1.33 bits per heavy atom. The van der Waals surface area contributed by atoms with Gasteiger partial charge in [-0.05, 0) is 24.5 Å². The van der Waals surface area contributed by atoms with Crippen LogP contribution in [0.3, 0.4) is 0 Å². The Hall–Kier alpha value is -0.760. The summed E-state index contributed by atoms with van der Waals surface area (Å²) in [5, 5.41) is 0. The molecule has 0 saturated heterocycles. The summed E-state index contributed by atoms with van der Waals surface area (Å²) in [5.74, 6) is 0. The van der Waals surface area contributed by atoms with E-state index in [4.69, 9.17) is 0 Å². The SMILES string of the molecule is C=C1C=CC=C/C1=N/S. The molecule has 0 amide bonds.